The largest absolute Gasteiger partial charge is 0.352 e. The van der Waals surface area contributed by atoms with Crippen molar-refractivity contribution in [2.24, 2.45) is 0 Å². The molecule has 4 rings (SSSR count). The molecular formula is C16H14N4O3S2. The number of carbonyl (C=O) groups is 3. The molecule has 7 nitrogen and oxygen atoms in total. The summed E-state index contributed by atoms with van der Waals surface area (Å²) in [5.74, 6) is -0.107. The Hall–Kier alpha value is -2.26. The van der Waals surface area contributed by atoms with E-state index in [4.69, 9.17) is 0 Å². The summed E-state index contributed by atoms with van der Waals surface area (Å²) in [6, 6.07) is 5.79. The molecule has 2 aromatic rings. The molecule has 0 atom stereocenters. The Bertz CT molecular complexity index is 905. The van der Waals surface area contributed by atoms with Gasteiger partial charge in [-0.15, -0.1) is 0 Å². The topological polar surface area (TPSA) is 83.8 Å². The van der Waals surface area contributed by atoms with Crippen molar-refractivity contribution in [1.29, 1.82) is 0 Å². The summed E-state index contributed by atoms with van der Waals surface area (Å²) < 4.78 is 2.00. The molecule has 2 aliphatic rings. The van der Waals surface area contributed by atoms with E-state index in [9.17, 15) is 14.4 Å². The van der Waals surface area contributed by atoms with Crippen LogP contribution in [0.2, 0.25) is 0 Å². The number of pyridine rings is 1. The van der Waals surface area contributed by atoms with E-state index in [2.05, 4.69) is 10.3 Å². The molecule has 0 bridgehead atoms. The fraction of sp³-hybridized carbons (Fsp3) is 0.250. The van der Waals surface area contributed by atoms with Gasteiger partial charge in [0.1, 0.15) is 5.65 Å². The molecule has 0 aromatic carbocycles. The third-order valence-corrected chi connectivity index (χ3v) is 5.83. The van der Waals surface area contributed by atoms with Crippen molar-refractivity contribution in [3.63, 3.8) is 0 Å². The first-order valence-corrected chi connectivity index (χ1v) is 9.55. The van der Waals surface area contributed by atoms with Gasteiger partial charge in [0.15, 0.2) is 0 Å². The standard InChI is InChI=1S/C16H14N4O3S2/c21-13-9-24-16(23)19(13)6-2-5-17-15(22)11-7-10-8-18-12-3-1-4-14(25-11)20(10)12/h1,3-4,7-8H,2,5-6,9H2,(H,17,22). The number of thioether (sulfide) groups is 2. The Morgan fingerprint density at radius 2 is 2.20 bits per heavy atom. The van der Waals surface area contributed by atoms with E-state index in [-0.39, 0.29) is 22.8 Å². The second kappa shape index (κ2) is 6.57. The molecule has 1 fully saturated rings. The van der Waals surface area contributed by atoms with Crippen LogP contribution in [0.1, 0.15) is 12.1 Å². The molecule has 9 heteroatoms. The van der Waals surface area contributed by atoms with E-state index < -0.39 is 0 Å². The predicted octanol–water partition coefficient (Wildman–Crippen LogP) is 1.98. The highest BCUT2D eigenvalue weighted by Crippen LogP contribution is 2.34. The van der Waals surface area contributed by atoms with Gasteiger partial charge in [0.05, 0.1) is 27.6 Å². The summed E-state index contributed by atoms with van der Waals surface area (Å²) in [6.45, 7) is 0.741. The van der Waals surface area contributed by atoms with Crippen molar-refractivity contribution in [2.75, 3.05) is 18.8 Å². The average molecular weight is 374 g/mol. The number of hydrogen-bond acceptors (Lipinski definition) is 6. The Morgan fingerprint density at radius 1 is 1.32 bits per heavy atom. The molecule has 128 valence electrons. The first-order chi connectivity index (χ1) is 12.1. The number of nitrogens with zero attached hydrogens (tertiary/aromatic N) is 3. The number of rotatable bonds is 5. The van der Waals surface area contributed by atoms with Crippen LogP contribution in [0.15, 0.2) is 34.3 Å². The highest BCUT2D eigenvalue weighted by molar-refractivity contribution is 8.14. The molecule has 1 saturated heterocycles. The highest BCUT2D eigenvalue weighted by Gasteiger charge is 2.29. The zero-order valence-corrected chi connectivity index (χ0v) is 14.7. The van der Waals surface area contributed by atoms with Crippen molar-refractivity contribution in [3.8, 4) is 0 Å². The summed E-state index contributed by atoms with van der Waals surface area (Å²) in [5, 5.41) is 3.59. The van der Waals surface area contributed by atoms with Gasteiger partial charge in [-0.3, -0.25) is 23.7 Å². The minimum Gasteiger partial charge on any atom is -0.352 e. The van der Waals surface area contributed by atoms with Gasteiger partial charge >= 0.3 is 0 Å². The first kappa shape index (κ1) is 16.2. The van der Waals surface area contributed by atoms with Gasteiger partial charge in [-0.1, -0.05) is 29.6 Å². The van der Waals surface area contributed by atoms with E-state index >= 15 is 0 Å². The van der Waals surface area contributed by atoms with E-state index in [1.54, 1.807) is 6.20 Å². The van der Waals surface area contributed by atoms with Crippen LogP contribution in [0.4, 0.5) is 4.79 Å². The van der Waals surface area contributed by atoms with Crippen molar-refractivity contribution in [1.82, 2.24) is 19.6 Å². The molecule has 0 aliphatic carbocycles. The Labute approximate surface area is 151 Å². The van der Waals surface area contributed by atoms with Crippen LogP contribution < -0.4 is 5.32 Å². The Balaban J connectivity index is 1.35. The first-order valence-electron chi connectivity index (χ1n) is 7.75. The van der Waals surface area contributed by atoms with Crippen LogP contribution in [0.25, 0.3) is 11.7 Å². The maximum atomic E-state index is 12.4. The molecular weight excluding hydrogens is 360 g/mol. The average Bonchev–Trinajstić information content (AvgIpc) is 3.17. The van der Waals surface area contributed by atoms with Crippen LogP contribution in [0.5, 0.6) is 0 Å². The maximum Gasteiger partial charge on any atom is 0.288 e. The maximum absolute atomic E-state index is 12.4. The SMILES string of the molecule is O=C(NCCCN1C(=O)CSC1=O)C1=Cc2cnc3cccc(n23)S1. The molecule has 1 N–H and O–H groups in total. The lowest BCUT2D eigenvalue weighted by Crippen LogP contribution is -2.33. The van der Waals surface area contributed by atoms with Gasteiger partial charge in [0.25, 0.3) is 11.1 Å². The number of carbonyl (C=O) groups excluding carboxylic acids is 3. The summed E-state index contributed by atoms with van der Waals surface area (Å²) in [7, 11) is 0. The molecule has 4 heterocycles. The summed E-state index contributed by atoms with van der Waals surface area (Å²) in [5.41, 5.74) is 1.73. The van der Waals surface area contributed by atoms with Gasteiger partial charge in [-0.25, -0.2) is 4.98 Å². The zero-order valence-electron chi connectivity index (χ0n) is 13.1. The summed E-state index contributed by atoms with van der Waals surface area (Å²) in [6.07, 6.45) is 4.10. The number of imidazole rings is 1. The minimum atomic E-state index is -0.205. The molecule has 0 saturated carbocycles. The van der Waals surface area contributed by atoms with Gasteiger partial charge in [0.2, 0.25) is 5.91 Å². The van der Waals surface area contributed by atoms with Crippen LogP contribution in [-0.4, -0.2) is 50.2 Å². The predicted molar refractivity (Wildman–Crippen MR) is 96.2 cm³/mol. The molecule has 0 unspecified atom stereocenters. The van der Waals surface area contributed by atoms with Crippen LogP contribution in [0.3, 0.4) is 0 Å². The smallest absolute Gasteiger partial charge is 0.288 e. The second-order valence-electron chi connectivity index (χ2n) is 5.56. The molecule has 0 radical (unpaired) electrons. The minimum absolute atomic E-state index is 0.159. The molecule has 3 amide bonds. The number of hydrogen-bond donors (Lipinski definition) is 1. The van der Waals surface area contributed by atoms with Crippen LogP contribution >= 0.6 is 23.5 Å². The molecule has 2 aliphatic heterocycles. The van der Waals surface area contributed by atoms with Gasteiger partial charge in [0, 0.05) is 13.1 Å². The van der Waals surface area contributed by atoms with E-state index in [0.717, 1.165) is 28.1 Å². The van der Waals surface area contributed by atoms with E-state index in [0.29, 0.717) is 24.4 Å². The molecule has 25 heavy (non-hydrogen) atoms. The quantitative estimate of drug-likeness (QED) is 0.806. The van der Waals surface area contributed by atoms with Crippen LogP contribution in [-0.2, 0) is 9.59 Å². The molecule has 2 aromatic heterocycles. The fourth-order valence-corrected chi connectivity index (χ4v) is 4.48. The summed E-state index contributed by atoms with van der Waals surface area (Å²) in [4.78, 5) is 41.6. The zero-order chi connectivity index (χ0) is 17.4. The lowest BCUT2D eigenvalue weighted by Gasteiger charge is -2.16. The fourth-order valence-electron chi connectivity index (χ4n) is 2.72. The van der Waals surface area contributed by atoms with Crippen LogP contribution in [0, 0.1) is 0 Å². The van der Waals surface area contributed by atoms with E-state index in [1.165, 1.54) is 16.7 Å². The van der Waals surface area contributed by atoms with Crippen molar-refractivity contribution >= 4 is 52.3 Å². The highest BCUT2D eigenvalue weighted by atomic mass is 32.2. The lowest BCUT2D eigenvalue weighted by atomic mass is 10.3. The monoisotopic (exact) mass is 374 g/mol. The number of nitrogens with one attached hydrogen (secondary N) is 1. The van der Waals surface area contributed by atoms with Gasteiger partial charge in [-0.05, 0) is 24.6 Å². The normalized spacial score (nSPS) is 16.5. The Kier molecular flexibility index (Phi) is 4.26. The second-order valence-corrected chi connectivity index (χ2v) is 7.55. The van der Waals surface area contributed by atoms with Gasteiger partial charge < -0.3 is 5.32 Å². The lowest BCUT2D eigenvalue weighted by molar-refractivity contribution is -0.124. The van der Waals surface area contributed by atoms with Crippen molar-refractivity contribution in [2.45, 2.75) is 11.4 Å². The number of aromatic nitrogens is 2. The summed E-state index contributed by atoms with van der Waals surface area (Å²) >= 11 is 2.42. The van der Waals surface area contributed by atoms with Crippen molar-refractivity contribution in [3.05, 3.63) is 35.0 Å². The Morgan fingerprint density at radius 3 is 3.00 bits per heavy atom. The third kappa shape index (κ3) is 3.05. The third-order valence-electron chi connectivity index (χ3n) is 3.92. The van der Waals surface area contributed by atoms with E-state index in [1.807, 2.05) is 28.7 Å². The van der Waals surface area contributed by atoms with Crippen molar-refractivity contribution < 1.29 is 14.4 Å². The number of amides is 3. The number of imide groups is 1. The van der Waals surface area contributed by atoms with Gasteiger partial charge in [-0.2, -0.15) is 0 Å². The molecule has 0 spiro atoms.